The van der Waals surface area contributed by atoms with Crippen molar-refractivity contribution < 1.29 is 14.3 Å². The molecular weight excluding hydrogens is 250 g/mol. The molecule has 0 radical (unpaired) electrons. The zero-order valence-electron chi connectivity index (χ0n) is 9.68. The number of furan rings is 1. The molecule has 0 aromatic carbocycles. The van der Waals surface area contributed by atoms with Crippen molar-refractivity contribution >= 4 is 11.5 Å². The van der Waals surface area contributed by atoms with Gasteiger partial charge in [0.1, 0.15) is 17.8 Å². The fourth-order valence-electron chi connectivity index (χ4n) is 1.84. The third kappa shape index (κ3) is 1.90. The lowest BCUT2D eigenvalue weighted by atomic mass is 10.3. The molecule has 0 amide bonds. The molecule has 3 rings (SSSR count). The van der Waals surface area contributed by atoms with Crippen LogP contribution in [-0.4, -0.2) is 25.3 Å². The van der Waals surface area contributed by atoms with E-state index >= 15 is 0 Å². The summed E-state index contributed by atoms with van der Waals surface area (Å²) < 4.78 is 7.72. The summed E-state index contributed by atoms with van der Waals surface area (Å²) in [5.41, 5.74) is 0.417. The molecule has 3 aromatic heterocycles. The van der Waals surface area contributed by atoms with Crippen LogP contribution in [0.2, 0.25) is 0 Å². The van der Waals surface area contributed by atoms with E-state index in [1.165, 1.54) is 23.2 Å². The van der Waals surface area contributed by atoms with E-state index in [9.17, 15) is 9.59 Å². The Bertz CT molecular complexity index is 798. The molecular formula is C12H9N3O4. The summed E-state index contributed by atoms with van der Waals surface area (Å²) in [7, 11) is 0. The molecule has 0 saturated carbocycles. The minimum atomic E-state index is -1.07. The average Bonchev–Trinajstić information content (AvgIpc) is 3.00. The maximum absolute atomic E-state index is 12.1. The molecule has 3 heterocycles. The Hall–Kier alpha value is -2.83. The first kappa shape index (κ1) is 11.3. The van der Waals surface area contributed by atoms with Crippen LogP contribution in [0.1, 0.15) is 0 Å². The zero-order chi connectivity index (χ0) is 13.4. The Labute approximate surface area is 106 Å². The van der Waals surface area contributed by atoms with Crippen molar-refractivity contribution in [1.29, 1.82) is 0 Å². The number of hydrogen-bond acceptors (Lipinski definition) is 4. The summed E-state index contributed by atoms with van der Waals surface area (Å²) >= 11 is 0. The number of aliphatic carboxylic acids is 1. The number of fused-ring (bicyclic) bond motifs is 1. The lowest BCUT2D eigenvalue weighted by Crippen LogP contribution is -2.24. The number of carbonyl (C=O) groups is 1. The summed E-state index contributed by atoms with van der Waals surface area (Å²) in [5.74, 6) is -0.523. The minimum Gasteiger partial charge on any atom is -0.480 e. The highest BCUT2D eigenvalue weighted by molar-refractivity contribution is 5.67. The van der Waals surface area contributed by atoms with Crippen LogP contribution < -0.4 is 5.56 Å². The zero-order valence-corrected chi connectivity index (χ0v) is 9.68. The van der Waals surface area contributed by atoms with Gasteiger partial charge >= 0.3 is 5.97 Å². The fourth-order valence-corrected chi connectivity index (χ4v) is 1.84. The highest BCUT2D eigenvalue weighted by Crippen LogP contribution is 2.18. The molecule has 0 atom stereocenters. The topological polar surface area (TPSA) is 89.7 Å². The van der Waals surface area contributed by atoms with Crippen LogP contribution in [0.4, 0.5) is 0 Å². The fraction of sp³-hybridized carbons (Fsp3) is 0.0833. The first-order valence-corrected chi connectivity index (χ1v) is 5.49. The van der Waals surface area contributed by atoms with Crippen molar-refractivity contribution in [2.45, 2.75) is 6.54 Å². The number of carboxylic acid groups (broad SMARTS) is 1. The Morgan fingerprint density at radius 1 is 1.42 bits per heavy atom. The van der Waals surface area contributed by atoms with Crippen LogP contribution in [-0.2, 0) is 11.3 Å². The Morgan fingerprint density at radius 2 is 2.26 bits per heavy atom. The quantitative estimate of drug-likeness (QED) is 0.752. The van der Waals surface area contributed by atoms with Gasteiger partial charge in [-0.05, 0) is 12.1 Å². The summed E-state index contributed by atoms with van der Waals surface area (Å²) in [6.07, 6.45) is 4.44. The van der Waals surface area contributed by atoms with Gasteiger partial charge in [-0.15, -0.1) is 0 Å². The van der Waals surface area contributed by atoms with Gasteiger partial charge in [-0.25, -0.2) is 4.52 Å². The molecule has 3 aromatic rings. The Balaban J connectivity index is 2.16. The van der Waals surface area contributed by atoms with Crippen LogP contribution >= 0.6 is 0 Å². The summed E-state index contributed by atoms with van der Waals surface area (Å²) in [4.78, 5) is 22.7. The van der Waals surface area contributed by atoms with Crippen LogP contribution in [0.25, 0.3) is 17.0 Å². The number of aromatic nitrogens is 3. The molecule has 0 aliphatic carbocycles. The standard InChI is InChI=1S/C12H9N3O4/c16-11(17)7-14-3-4-15-9(12(14)18)6-8(13-15)10-2-1-5-19-10/h1-6H,7H2,(H,16,17). The predicted octanol–water partition coefficient (Wildman–Crippen LogP) is 0.841. The van der Waals surface area contributed by atoms with Crippen molar-refractivity contribution in [3.63, 3.8) is 0 Å². The second kappa shape index (κ2) is 4.13. The largest absolute Gasteiger partial charge is 0.480 e. The molecule has 96 valence electrons. The van der Waals surface area contributed by atoms with E-state index in [0.717, 1.165) is 4.57 Å². The van der Waals surface area contributed by atoms with Crippen LogP contribution in [0.5, 0.6) is 0 Å². The third-order valence-electron chi connectivity index (χ3n) is 2.68. The van der Waals surface area contributed by atoms with Crippen LogP contribution in [0.15, 0.2) is 46.1 Å². The van der Waals surface area contributed by atoms with Gasteiger partial charge in [0, 0.05) is 18.5 Å². The van der Waals surface area contributed by atoms with Gasteiger partial charge in [-0.2, -0.15) is 5.10 Å². The molecule has 19 heavy (non-hydrogen) atoms. The van der Waals surface area contributed by atoms with E-state index in [-0.39, 0.29) is 6.54 Å². The summed E-state index contributed by atoms with van der Waals surface area (Å²) in [5, 5.41) is 12.9. The van der Waals surface area contributed by atoms with E-state index in [1.807, 2.05) is 0 Å². The van der Waals surface area contributed by atoms with E-state index in [0.29, 0.717) is 17.0 Å². The Morgan fingerprint density at radius 3 is 2.95 bits per heavy atom. The van der Waals surface area contributed by atoms with E-state index in [1.54, 1.807) is 18.2 Å². The third-order valence-corrected chi connectivity index (χ3v) is 2.68. The van der Waals surface area contributed by atoms with Crippen molar-refractivity contribution in [3.05, 3.63) is 47.2 Å². The van der Waals surface area contributed by atoms with Crippen molar-refractivity contribution in [3.8, 4) is 11.5 Å². The first-order valence-electron chi connectivity index (χ1n) is 5.49. The minimum absolute atomic E-state index is 0.301. The lowest BCUT2D eigenvalue weighted by molar-refractivity contribution is -0.137. The predicted molar refractivity (Wildman–Crippen MR) is 64.8 cm³/mol. The number of carboxylic acids is 1. The maximum atomic E-state index is 12.1. The monoisotopic (exact) mass is 259 g/mol. The van der Waals surface area contributed by atoms with Gasteiger partial charge in [-0.1, -0.05) is 0 Å². The van der Waals surface area contributed by atoms with Crippen molar-refractivity contribution in [2.24, 2.45) is 0 Å². The maximum Gasteiger partial charge on any atom is 0.323 e. The van der Waals surface area contributed by atoms with Gasteiger partial charge in [0.2, 0.25) is 0 Å². The summed E-state index contributed by atoms with van der Waals surface area (Å²) in [6, 6.07) is 5.03. The number of hydrogen-bond donors (Lipinski definition) is 1. The molecule has 0 saturated heterocycles. The van der Waals surface area contributed by atoms with Crippen molar-refractivity contribution in [1.82, 2.24) is 14.2 Å². The molecule has 7 heteroatoms. The first-order chi connectivity index (χ1) is 9.15. The Kier molecular flexibility index (Phi) is 2.45. The number of nitrogens with zero attached hydrogens (tertiary/aromatic N) is 3. The second-order valence-electron chi connectivity index (χ2n) is 3.96. The van der Waals surface area contributed by atoms with Gasteiger partial charge in [0.05, 0.1) is 6.26 Å². The normalized spacial score (nSPS) is 10.9. The molecule has 1 N–H and O–H groups in total. The average molecular weight is 259 g/mol. The molecule has 7 nitrogen and oxygen atoms in total. The van der Waals surface area contributed by atoms with Gasteiger partial charge in [-0.3, -0.25) is 9.59 Å². The highest BCUT2D eigenvalue weighted by Gasteiger charge is 2.11. The molecule has 0 aliphatic rings. The highest BCUT2D eigenvalue weighted by atomic mass is 16.4. The molecule has 0 spiro atoms. The smallest absolute Gasteiger partial charge is 0.323 e. The molecule has 0 bridgehead atoms. The molecule has 0 unspecified atom stereocenters. The van der Waals surface area contributed by atoms with Gasteiger partial charge in [0.15, 0.2) is 5.76 Å². The summed E-state index contributed by atoms with van der Waals surface area (Å²) in [6.45, 7) is -0.378. The van der Waals surface area contributed by atoms with Gasteiger partial charge < -0.3 is 14.1 Å². The van der Waals surface area contributed by atoms with Crippen molar-refractivity contribution in [2.75, 3.05) is 0 Å². The van der Waals surface area contributed by atoms with E-state index < -0.39 is 11.5 Å². The second-order valence-corrected chi connectivity index (χ2v) is 3.96. The SMILES string of the molecule is O=C(O)Cn1ccn2nc(-c3ccco3)cc2c1=O. The van der Waals surface area contributed by atoms with E-state index in [2.05, 4.69) is 5.10 Å². The number of rotatable bonds is 3. The molecule has 0 aliphatic heterocycles. The van der Waals surface area contributed by atoms with Crippen LogP contribution in [0, 0.1) is 0 Å². The molecule has 0 fully saturated rings. The van der Waals surface area contributed by atoms with E-state index in [4.69, 9.17) is 9.52 Å². The van der Waals surface area contributed by atoms with Crippen LogP contribution in [0.3, 0.4) is 0 Å². The lowest BCUT2D eigenvalue weighted by Gasteiger charge is -2.01. The van der Waals surface area contributed by atoms with Gasteiger partial charge in [0.25, 0.3) is 5.56 Å².